The molecule has 1 aromatic carbocycles. The van der Waals surface area contributed by atoms with E-state index in [0.717, 1.165) is 35.5 Å². The zero-order chi connectivity index (χ0) is 28.9. The van der Waals surface area contributed by atoms with Crippen LogP contribution in [-0.2, 0) is 4.79 Å². The molecular weight excluding hydrogens is 525 g/mol. The van der Waals surface area contributed by atoms with Gasteiger partial charge in [-0.15, -0.1) is 0 Å². The van der Waals surface area contributed by atoms with Gasteiger partial charge < -0.3 is 15.4 Å². The molecule has 41 heavy (non-hydrogen) atoms. The smallest absolute Gasteiger partial charge is 0.270 e. The highest BCUT2D eigenvalue weighted by Crippen LogP contribution is 2.61. The van der Waals surface area contributed by atoms with Gasteiger partial charge in [-0.3, -0.25) is 24.4 Å². The fourth-order valence-corrected chi connectivity index (χ4v) is 5.87. The standard InChI is InChI=1S/C30H32FN7O3/c1-16(2)38-23(9-12-33-38)28(39)35-27(26-21-7-5-19(31)13-24(21)41-15-30(26)10-11-30)29(40)34-20-6-8-22(32-14-20)25-17(3)36-37-18(25)4/h5-9,12-14,16,26-27H,10-11,15H2,1-4H3,(H,34,40)(H,35,39)(H,36,37)/t26?,27-/m0/s1. The van der Waals surface area contributed by atoms with Gasteiger partial charge in [0, 0.05) is 46.5 Å². The summed E-state index contributed by atoms with van der Waals surface area (Å²) < 4.78 is 21.7. The number of carbonyl (C=O) groups excluding carboxylic acids is 2. The number of aryl methyl sites for hydroxylation is 2. The van der Waals surface area contributed by atoms with Crippen molar-refractivity contribution in [3.63, 3.8) is 0 Å². The topological polar surface area (TPSA) is 127 Å². The third kappa shape index (κ3) is 4.85. The lowest BCUT2D eigenvalue weighted by Crippen LogP contribution is -2.52. The highest BCUT2D eigenvalue weighted by Gasteiger charge is 2.58. The normalized spacial score (nSPS) is 17.6. The molecule has 2 aliphatic rings. The van der Waals surface area contributed by atoms with Crippen LogP contribution in [0.1, 0.15) is 66.1 Å². The quantitative estimate of drug-likeness (QED) is 0.302. The number of fused-ring (bicyclic) bond motifs is 1. The van der Waals surface area contributed by atoms with Crippen molar-refractivity contribution >= 4 is 17.5 Å². The molecule has 0 saturated heterocycles. The predicted octanol–water partition coefficient (Wildman–Crippen LogP) is 4.70. The van der Waals surface area contributed by atoms with Crippen molar-refractivity contribution < 1.29 is 18.7 Å². The van der Waals surface area contributed by atoms with Crippen LogP contribution in [0.4, 0.5) is 10.1 Å². The van der Waals surface area contributed by atoms with Crippen LogP contribution in [0.5, 0.6) is 5.75 Å². The van der Waals surface area contributed by atoms with E-state index in [1.165, 1.54) is 12.1 Å². The van der Waals surface area contributed by atoms with Gasteiger partial charge in [0.1, 0.15) is 23.3 Å². The molecule has 1 aliphatic carbocycles. The van der Waals surface area contributed by atoms with E-state index < -0.39 is 29.6 Å². The molecular formula is C30H32FN7O3. The van der Waals surface area contributed by atoms with Gasteiger partial charge in [-0.1, -0.05) is 6.07 Å². The van der Waals surface area contributed by atoms with Gasteiger partial charge in [0.15, 0.2) is 0 Å². The third-order valence-electron chi connectivity index (χ3n) is 8.09. The Morgan fingerprint density at radius 1 is 1.17 bits per heavy atom. The molecule has 0 radical (unpaired) electrons. The first-order valence-electron chi connectivity index (χ1n) is 13.7. The summed E-state index contributed by atoms with van der Waals surface area (Å²) in [6.45, 7) is 8.03. The van der Waals surface area contributed by atoms with Gasteiger partial charge >= 0.3 is 0 Å². The van der Waals surface area contributed by atoms with E-state index in [0.29, 0.717) is 29.3 Å². The zero-order valence-electron chi connectivity index (χ0n) is 23.4. The fraction of sp³-hybridized carbons (Fsp3) is 0.367. The van der Waals surface area contributed by atoms with Crippen LogP contribution in [-0.4, -0.2) is 49.4 Å². The average Bonchev–Trinajstić information content (AvgIpc) is 3.37. The molecule has 3 aromatic heterocycles. The number of pyridine rings is 1. The minimum atomic E-state index is -0.966. The van der Waals surface area contributed by atoms with Crippen molar-refractivity contribution in [2.24, 2.45) is 5.41 Å². The molecule has 1 aliphatic heterocycles. The van der Waals surface area contributed by atoms with E-state index in [2.05, 4.69) is 30.9 Å². The molecule has 212 valence electrons. The maximum absolute atomic E-state index is 14.1. The lowest BCUT2D eigenvalue weighted by molar-refractivity contribution is -0.119. The summed E-state index contributed by atoms with van der Waals surface area (Å²) in [4.78, 5) is 32.2. The summed E-state index contributed by atoms with van der Waals surface area (Å²) in [5.74, 6) is -1.26. The number of rotatable bonds is 7. The number of nitrogens with zero attached hydrogens (tertiary/aromatic N) is 4. The first kappa shape index (κ1) is 26.7. The highest BCUT2D eigenvalue weighted by molar-refractivity contribution is 6.01. The van der Waals surface area contributed by atoms with Crippen LogP contribution in [0.15, 0.2) is 48.8 Å². The summed E-state index contributed by atoms with van der Waals surface area (Å²) >= 11 is 0. The maximum atomic E-state index is 14.1. The number of hydrogen-bond acceptors (Lipinski definition) is 6. The van der Waals surface area contributed by atoms with Gasteiger partial charge in [-0.25, -0.2) is 4.39 Å². The first-order valence-corrected chi connectivity index (χ1v) is 13.7. The third-order valence-corrected chi connectivity index (χ3v) is 8.09. The maximum Gasteiger partial charge on any atom is 0.270 e. The Hall–Kier alpha value is -4.54. The van der Waals surface area contributed by atoms with E-state index in [1.807, 2.05) is 33.8 Å². The number of hydrogen-bond donors (Lipinski definition) is 3. The van der Waals surface area contributed by atoms with E-state index in [-0.39, 0.29) is 11.5 Å². The SMILES string of the molecule is Cc1n[nH]c(C)c1-c1ccc(NC(=O)[C@@H](NC(=O)c2ccnn2C(C)C)C2c3ccc(F)cc3OCC23CC3)cn1. The van der Waals surface area contributed by atoms with Gasteiger partial charge in [0.2, 0.25) is 5.91 Å². The number of aromatic amines is 1. The molecule has 2 amide bonds. The van der Waals surface area contributed by atoms with Gasteiger partial charge in [-0.2, -0.15) is 10.2 Å². The van der Waals surface area contributed by atoms with E-state index in [1.54, 1.807) is 35.3 Å². The van der Waals surface area contributed by atoms with Gasteiger partial charge in [-0.05, 0) is 64.8 Å². The molecule has 0 bridgehead atoms. The van der Waals surface area contributed by atoms with Crippen LogP contribution in [0.2, 0.25) is 0 Å². The Labute approximate surface area is 236 Å². The summed E-state index contributed by atoms with van der Waals surface area (Å²) in [5, 5.41) is 17.4. The number of halogens is 1. The number of aromatic nitrogens is 5. The first-order chi connectivity index (χ1) is 19.7. The second-order valence-electron chi connectivity index (χ2n) is 11.2. The molecule has 1 fully saturated rings. The fourth-order valence-electron chi connectivity index (χ4n) is 5.87. The molecule has 11 heteroatoms. The Kier molecular flexibility index (Phi) is 6.59. The zero-order valence-corrected chi connectivity index (χ0v) is 23.4. The van der Waals surface area contributed by atoms with E-state index >= 15 is 0 Å². The van der Waals surface area contributed by atoms with E-state index in [4.69, 9.17) is 4.74 Å². The number of nitrogens with one attached hydrogen (secondary N) is 3. The molecule has 1 unspecified atom stereocenters. The molecule has 2 atom stereocenters. The molecule has 3 N–H and O–H groups in total. The van der Waals surface area contributed by atoms with Crippen LogP contribution in [0, 0.1) is 25.1 Å². The molecule has 1 spiro atoms. The largest absolute Gasteiger partial charge is 0.493 e. The summed E-state index contributed by atoms with van der Waals surface area (Å²) in [7, 11) is 0. The Balaban J connectivity index is 1.34. The molecule has 1 saturated carbocycles. The van der Waals surface area contributed by atoms with Crippen LogP contribution < -0.4 is 15.4 Å². The number of amides is 2. The molecule has 10 nitrogen and oxygen atoms in total. The Morgan fingerprint density at radius 2 is 1.98 bits per heavy atom. The van der Waals surface area contributed by atoms with E-state index in [9.17, 15) is 14.0 Å². The Morgan fingerprint density at radius 3 is 2.63 bits per heavy atom. The lowest BCUT2D eigenvalue weighted by atomic mass is 9.76. The Bertz CT molecular complexity index is 1600. The second kappa shape index (κ2) is 10.1. The van der Waals surface area contributed by atoms with Gasteiger partial charge in [0.25, 0.3) is 5.91 Å². The summed E-state index contributed by atoms with van der Waals surface area (Å²) in [6, 6.07) is 8.58. The van der Waals surface area contributed by atoms with Crippen molar-refractivity contribution in [3.8, 4) is 17.0 Å². The number of H-pyrrole nitrogens is 1. The minimum Gasteiger partial charge on any atom is -0.493 e. The number of carbonyl (C=O) groups is 2. The van der Waals surface area contributed by atoms with Crippen molar-refractivity contribution in [3.05, 3.63) is 77.3 Å². The molecule has 4 aromatic rings. The summed E-state index contributed by atoms with van der Waals surface area (Å²) in [5.41, 5.74) is 4.58. The highest BCUT2D eigenvalue weighted by atomic mass is 19.1. The van der Waals surface area contributed by atoms with Crippen LogP contribution in [0.3, 0.4) is 0 Å². The van der Waals surface area contributed by atoms with Gasteiger partial charge in [0.05, 0.1) is 29.9 Å². The van der Waals surface area contributed by atoms with Crippen molar-refractivity contribution in [2.45, 2.75) is 58.5 Å². The predicted molar refractivity (Wildman–Crippen MR) is 150 cm³/mol. The molecule has 4 heterocycles. The monoisotopic (exact) mass is 557 g/mol. The van der Waals surface area contributed by atoms with Crippen LogP contribution >= 0.6 is 0 Å². The lowest BCUT2D eigenvalue weighted by Gasteiger charge is -2.38. The summed E-state index contributed by atoms with van der Waals surface area (Å²) in [6.07, 6.45) is 4.82. The van der Waals surface area contributed by atoms with Crippen molar-refractivity contribution in [2.75, 3.05) is 11.9 Å². The van der Waals surface area contributed by atoms with Crippen molar-refractivity contribution in [1.82, 2.24) is 30.3 Å². The van der Waals surface area contributed by atoms with Crippen molar-refractivity contribution in [1.29, 1.82) is 0 Å². The minimum absolute atomic E-state index is 0.0494. The van der Waals surface area contributed by atoms with Crippen LogP contribution in [0.25, 0.3) is 11.3 Å². The average molecular weight is 558 g/mol. The number of anilines is 1. The number of benzene rings is 1. The number of ether oxygens (including phenoxy) is 1. The molecule has 6 rings (SSSR count). The second-order valence-corrected chi connectivity index (χ2v) is 11.2.